The van der Waals surface area contributed by atoms with Crippen molar-refractivity contribution in [2.24, 2.45) is 0 Å². The summed E-state index contributed by atoms with van der Waals surface area (Å²) in [6.45, 7) is 0. The monoisotopic (exact) mass is 457 g/mol. The minimum absolute atomic E-state index is 1.17. The van der Waals surface area contributed by atoms with Crippen molar-refractivity contribution in [3.8, 4) is 22.3 Å². The molecule has 35 heavy (non-hydrogen) atoms. The topological polar surface area (TPSA) is 6.25 Å². The van der Waals surface area contributed by atoms with Crippen LogP contribution in [-0.2, 0) is 0 Å². The van der Waals surface area contributed by atoms with Gasteiger partial charge < -0.3 is 4.90 Å². The number of allylic oxidation sites excluding steroid dienone is 3. The first kappa shape index (κ1) is 24.0. The molecule has 4 aromatic rings. The molecular formula is C33H33N2+. The second-order valence-electron chi connectivity index (χ2n) is 8.97. The predicted molar refractivity (Wildman–Crippen MR) is 151 cm³/mol. The molecule has 2 nitrogen and oxygen atoms in total. The lowest BCUT2D eigenvalue weighted by Crippen LogP contribution is -2.12. The highest BCUT2D eigenvalue weighted by Crippen LogP contribution is 2.24. The third-order valence-corrected chi connectivity index (χ3v) is 6.05. The molecule has 4 aromatic carbocycles. The van der Waals surface area contributed by atoms with E-state index in [4.69, 9.17) is 0 Å². The van der Waals surface area contributed by atoms with Crippen LogP contribution in [0.25, 0.3) is 28.0 Å². The quantitative estimate of drug-likeness (QED) is 0.161. The molecule has 0 bridgehead atoms. The van der Waals surface area contributed by atoms with Crippen LogP contribution in [0.15, 0.2) is 127 Å². The van der Waals surface area contributed by atoms with Crippen molar-refractivity contribution in [1.82, 2.24) is 4.90 Å². The second kappa shape index (κ2) is 11.3. The maximum atomic E-state index is 2.20. The summed E-state index contributed by atoms with van der Waals surface area (Å²) in [7, 11) is 8.35. The Morgan fingerprint density at radius 3 is 1.43 bits per heavy atom. The molecule has 0 saturated heterocycles. The molecule has 0 spiro atoms. The van der Waals surface area contributed by atoms with Crippen LogP contribution >= 0.6 is 0 Å². The summed E-state index contributed by atoms with van der Waals surface area (Å²) in [5.41, 5.74) is 9.64. The van der Waals surface area contributed by atoms with E-state index in [-0.39, 0.29) is 0 Å². The fraction of sp³-hybridized carbons (Fsp3) is 0.121. The highest BCUT2D eigenvalue weighted by atomic mass is 15.1. The van der Waals surface area contributed by atoms with Crippen molar-refractivity contribution in [2.75, 3.05) is 28.2 Å². The van der Waals surface area contributed by atoms with Crippen molar-refractivity contribution in [1.29, 1.82) is 0 Å². The Morgan fingerprint density at radius 2 is 1.00 bits per heavy atom. The smallest absolute Gasteiger partial charge is 0.206 e. The summed E-state index contributed by atoms with van der Waals surface area (Å²) < 4.78 is 2.16. The van der Waals surface area contributed by atoms with Gasteiger partial charge in [-0.25, -0.2) is 4.58 Å². The standard InChI is InChI=1S/C33H33N2/c1-34(2)32(30-22-18-28(19-23-30)26-12-7-5-8-13-26)16-11-17-33(35(3)4)31-24-20-29(21-25-31)27-14-9-6-10-15-27/h5-25H,1-4H3/q+1. The van der Waals surface area contributed by atoms with Crippen molar-refractivity contribution < 1.29 is 4.58 Å². The van der Waals surface area contributed by atoms with Crippen LogP contribution in [0.1, 0.15) is 11.1 Å². The third-order valence-electron chi connectivity index (χ3n) is 6.05. The molecule has 0 saturated carbocycles. The maximum absolute atomic E-state index is 2.20. The van der Waals surface area contributed by atoms with E-state index in [9.17, 15) is 0 Å². The van der Waals surface area contributed by atoms with Gasteiger partial charge in [-0.2, -0.15) is 0 Å². The average Bonchev–Trinajstić information content (AvgIpc) is 2.90. The van der Waals surface area contributed by atoms with Gasteiger partial charge in [0.25, 0.3) is 0 Å². The first-order valence-corrected chi connectivity index (χ1v) is 11.9. The van der Waals surface area contributed by atoms with Crippen molar-refractivity contribution in [3.05, 3.63) is 139 Å². The zero-order valence-corrected chi connectivity index (χ0v) is 21.0. The Labute approximate surface area is 209 Å². The van der Waals surface area contributed by atoms with E-state index in [1.165, 1.54) is 44.8 Å². The van der Waals surface area contributed by atoms with Gasteiger partial charge in [-0.15, -0.1) is 0 Å². The van der Waals surface area contributed by atoms with Crippen LogP contribution < -0.4 is 0 Å². The van der Waals surface area contributed by atoms with E-state index in [2.05, 4.69) is 153 Å². The number of benzene rings is 4. The van der Waals surface area contributed by atoms with Crippen molar-refractivity contribution >= 4 is 11.4 Å². The Morgan fingerprint density at radius 1 is 0.571 bits per heavy atom. The lowest BCUT2D eigenvalue weighted by molar-refractivity contribution is -0.463. The first-order chi connectivity index (χ1) is 17.0. The summed E-state index contributed by atoms with van der Waals surface area (Å²) in [5, 5.41) is 0. The van der Waals surface area contributed by atoms with Crippen LogP contribution in [0.2, 0.25) is 0 Å². The van der Waals surface area contributed by atoms with E-state index >= 15 is 0 Å². The molecule has 0 N–H and O–H groups in total. The highest BCUT2D eigenvalue weighted by Gasteiger charge is 2.09. The molecule has 174 valence electrons. The van der Waals surface area contributed by atoms with E-state index in [0.29, 0.717) is 0 Å². The number of nitrogens with zero attached hydrogens (tertiary/aromatic N) is 2. The van der Waals surface area contributed by atoms with Crippen LogP contribution in [-0.4, -0.2) is 43.4 Å². The summed E-state index contributed by atoms with van der Waals surface area (Å²) in [6, 6.07) is 38.5. The van der Waals surface area contributed by atoms with E-state index in [1.54, 1.807) is 0 Å². The lowest BCUT2D eigenvalue weighted by Gasteiger charge is -2.17. The van der Waals surface area contributed by atoms with Gasteiger partial charge in [-0.3, -0.25) is 0 Å². The Kier molecular flexibility index (Phi) is 7.74. The van der Waals surface area contributed by atoms with Gasteiger partial charge >= 0.3 is 0 Å². The van der Waals surface area contributed by atoms with Crippen LogP contribution in [0, 0.1) is 0 Å². The van der Waals surface area contributed by atoms with E-state index in [1.807, 2.05) is 12.1 Å². The number of hydrogen-bond acceptors (Lipinski definition) is 1. The summed E-state index contributed by atoms with van der Waals surface area (Å²) in [4.78, 5) is 2.16. The largest absolute Gasteiger partial charge is 0.377 e. The molecule has 0 aromatic heterocycles. The molecule has 0 aliphatic heterocycles. The minimum Gasteiger partial charge on any atom is -0.377 e. The van der Waals surface area contributed by atoms with Gasteiger partial charge in [0.1, 0.15) is 14.1 Å². The summed E-state index contributed by atoms with van der Waals surface area (Å²) in [6.07, 6.45) is 6.50. The Hall–Kier alpha value is -4.17. The normalized spacial score (nSPS) is 11.5. The first-order valence-electron chi connectivity index (χ1n) is 11.9. The Bertz CT molecular complexity index is 1320. The average molecular weight is 458 g/mol. The van der Waals surface area contributed by atoms with Crippen molar-refractivity contribution in [2.45, 2.75) is 0 Å². The summed E-state index contributed by atoms with van der Waals surface area (Å²) in [5.74, 6) is 0. The zero-order chi connectivity index (χ0) is 24.6. The summed E-state index contributed by atoms with van der Waals surface area (Å²) >= 11 is 0. The van der Waals surface area contributed by atoms with Crippen LogP contribution in [0.3, 0.4) is 0 Å². The Balaban J connectivity index is 1.56. The van der Waals surface area contributed by atoms with Crippen LogP contribution in [0.5, 0.6) is 0 Å². The molecule has 0 atom stereocenters. The third kappa shape index (κ3) is 6.04. The SMILES string of the molecule is CN(C)/C(=C/C=C/C(c1ccc(-c2ccccc2)cc1)=[N+](C)C)c1ccc(-c2ccccc2)cc1. The molecule has 0 aliphatic rings. The molecule has 0 unspecified atom stereocenters. The molecule has 0 aliphatic carbocycles. The molecule has 0 radical (unpaired) electrons. The maximum Gasteiger partial charge on any atom is 0.206 e. The molecule has 4 rings (SSSR count). The lowest BCUT2D eigenvalue weighted by atomic mass is 10.0. The second-order valence-corrected chi connectivity index (χ2v) is 8.97. The van der Waals surface area contributed by atoms with Gasteiger partial charge in [0.15, 0.2) is 0 Å². The van der Waals surface area contributed by atoms with Gasteiger partial charge in [0, 0.05) is 31.4 Å². The molecule has 0 amide bonds. The van der Waals surface area contributed by atoms with Gasteiger partial charge in [0.05, 0.1) is 0 Å². The minimum atomic E-state index is 1.17. The fourth-order valence-corrected chi connectivity index (χ4v) is 4.17. The number of rotatable bonds is 7. The molecule has 0 heterocycles. The fourth-order valence-electron chi connectivity index (χ4n) is 4.17. The highest BCUT2D eigenvalue weighted by molar-refractivity contribution is 6.05. The predicted octanol–water partition coefficient (Wildman–Crippen LogP) is 7.24. The zero-order valence-electron chi connectivity index (χ0n) is 21.0. The van der Waals surface area contributed by atoms with Gasteiger partial charge in [-0.05, 0) is 46.0 Å². The molecular weight excluding hydrogens is 424 g/mol. The van der Waals surface area contributed by atoms with Crippen molar-refractivity contribution in [3.63, 3.8) is 0 Å². The molecule has 2 heteroatoms. The van der Waals surface area contributed by atoms with Gasteiger partial charge in [0.2, 0.25) is 5.71 Å². The van der Waals surface area contributed by atoms with E-state index < -0.39 is 0 Å². The van der Waals surface area contributed by atoms with Gasteiger partial charge in [-0.1, -0.05) is 103 Å². The number of hydrogen-bond donors (Lipinski definition) is 0. The molecule has 0 fully saturated rings. The van der Waals surface area contributed by atoms with Crippen LogP contribution in [0.4, 0.5) is 0 Å². The van der Waals surface area contributed by atoms with E-state index in [0.717, 1.165) is 0 Å².